The number of pyridine rings is 1. The zero-order valence-corrected chi connectivity index (χ0v) is 14.7. The van der Waals surface area contributed by atoms with E-state index >= 15 is 0 Å². The summed E-state index contributed by atoms with van der Waals surface area (Å²) in [7, 11) is 0. The molecule has 0 aliphatic carbocycles. The third-order valence-electron chi connectivity index (χ3n) is 4.25. The van der Waals surface area contributed by atoms with E-state index in [9.17, 15) is 0 Å². The van der Waals surface area contributed by atoms with Crippen molar-refractivity contribution >= 4 is 0 Å². The maximum Gasteiger partial charge on any atom is 0.119 e. The van der Waals surface area contributed by atoms with E-state index in [0.717, 1.165) is 31.6 Å². The van der Waals surface area contributed by atoms with Crippen molar-refractivity contribution in [2.75, 3.05) is 6.61 Å². The predicted molar refractivity (Wildman–Crippen MR) is 97.2 cm³/mol. The van der Waals surface area contributed by atoms with Gasteiger partial charge in [0.15, 0.2) is 0 Å². The van der Waals surface area contributed by atoms with E-state index in [1.807, 2.05) is 6.20 Å². The summed E-state index contributed by atoms with van der Waals surface area (Å²) >= 11 is 0. The smallest absolute Gasteiger partial charge is 0.119 e. The molecule has 1 heterocycles. The number of hydrogen-bond donors (Lipinski definition) is 0. The van der Waals surface area contributed by atoms with Crippen molar-refractivity contribution in [1.82, 2.24) is 4.98 Å². The summed E-state index contributed by atoms with van der Waals surface area (Å²) < 4.78 is 5.78. The van der Waals surface area contributed by atoms with Crippen LogP contribution in [0.1, 0.15) is 69.2 Å². The molecule has 0 spiro atoms. The van der Waals surface area contributed by atoms with Crippen molar-refractivity contribution in [2.45, 2.75) is 58.8 Å². The van der Waals surface area contributed by atoms with Gasteiger partial charge < -0.3 is 4.74 Å². The first kappa shape index (κ1) is 17.5. The van der Waals surface area contributed by atoms with Crippen molar-refractivity contribution in [3.05, 3.63) is 59.4 Å². The lowest BCUT2D eigenvalue weighted by atomic mass is 9.94. The van der Waals surface area contributed by atoms with Gasteiger partial charge in [-0.1, -0.05) is 58.2 Å². The molecular weight excluding hydrogens is 282 g/mol. The Morgan fingerprint density at radius 1 is 0.913 bits per heavy atom. The Morgan fingerprint density at radius 2 is 1.65 bits per heavy atom. The van der Waals surface area contributed by atoms with Gasteiger partial charge in [-0.15, -0.1) is 0 Å². The average Bonchev–Trinajstić information content (AvgIpc) is 2.60. The highest BCUT2D eigenvalue weighted by Gasteiger charge is 2.09. The summed E-state index contributed by atoms with van der Waals surface area (Å²) in [4.78, 5) is 4.57. The van der Waals surface area contributed by atoms with Crippen molar-refractivity contribution < 1.29 is 4.74 Å². The third-order valence-corrected chi connectivity index (χ3v) is 4.25. The molecule has 0 radical (unpaired) electrons. The van der Waals surface area contributed by atoms with Crippen molar-refractivity contribution in [3.8, 4) is 5.75 Å². The Bertz CT molecular complexity index is 559. The number of unbranched alkanes of at least 4 members (excludes halogenated alkanes) is 2. The molecule has 2 rings (SSSR count). The fraction of sp³-hybridized carbons (Fsp3) is 0.476. The minimum absolute atomic E-state index is 0.354. The zero-order chi connectivity index (χ0) is 16.5. The molecule has 2 nitrogen and oxygen atoms in total. The number of aryl methyl sites for hydroxylation is 1. The molecule has 23 heavy (non-hydrogen) atoms. The zero-order valence-electron chi connectivity index (χ0n) is 14.7. The Hall–Kier alpha value is -1.83. The number of nitrogens with zero attached hydrogens (tertiary/aromatic N) is 1. The summed E-state index contributed by atoms with van der Waals surface area (Å²) in [6, 6.07) is 12.9. The fourth-order valence-electron chi connectivity index (χ4n) is 2.68. The summed E-state index contributed by atoms with van der Waals surface area (Å²) in [5.41, 5.74) is 3.75. The first-order valence-electron chi connectivity index (χ1n) is 8.92. The molecule has 2 aromatic rings. The SMILES string of the molecule is CCCCCOc1ccc(C(C)c2ccc(CCC)nc2)cc1. The maximum atomic E-state index is 5.78. The molecule has 0 saturated heterocycles. The molecule has 0 bridgehead atoms. The van der Waals surface area contributed by atoms with Crippen molar-refractivity contribution in [2.24, 2.45) is 0 Å². The van der Waals surface area contributed by atoms with Gasteiger partial charge in [0.2, 0.25) is 0 Å². The van der Waals surface area contributed by atoms with Crippen LogP contribution in [0.15, 0.2) is 42.6 Å². The van der Waals surface area contributed by atoms with Gasteiger partial charge in [0.05, 0.1) is 6.61 Å². The first-order chi connectivity index (χ1) is 11.2. The number of ether oxygens (including phenoxy) is 1. The molecule has 0 amide bonds. The second-order valence-electron chi connectivity index (χ2n) is 6.18. The van der Waals surface area contributed by atoms with E-state index in [-0.39, 0.29) is 0 Å². The minimum atomic E-state index is 0.354. The van der Waals surface area contributed by atoms with Gasteiger partial charge in [-0.25, -0.2) is 0 Å². The molecular formula is C21H29NO. The average molecular weight is 311 g/mol. The van der Waals surface area contributed by atoms with E-state index in [1.165, 1.54) is 29.7 Å². The number of aromatic nitrogens is 1. The van der Waals surface area contributed by atoms with Crippen molar-refractivity contribution in [1.29, 1.82) is 0 Å². The monoisotopic (exact) mass is 311 g/mol. The molecule has 1 aromatic carbocycles. The van der Waals surface area contributed by atoms with Gasteiger partial charge in [-0.3, -0.25) is 4.98 Å². The Kier molecular flexibility index (Phi) is 7.12. The van der Waals surface area contributed by atoms with Crippen LogP contribution >= 0.6 is 0 Å². The van der Waals surface area contributed by atoms with Gasteiger partial charge >= 0.3 is 0 Å². The van der Waals surface area contributed by atoms with Crippen LogP contribution in [0.3, 0.4) is 0 Å². The Balaban J connectivity index is 1.95. The molecule has 0 N–H and O–H groups in total. The molecule has 2 heteroatoms. The van der Waals surface area contributed by atoms with Crippen molar-refractivity contribution in [3.63, 3.8) is 0 Å². The summed E-state index contributed by atoms with van der Waals surface area (Å²) in [5.74, 6) is 1.32. The van der Waals surface area contributed by atoms with Gasteiger partial charge in [0, 0.05) is 17.8 Å². The lowest BCUT2D eigenvalue weighted by Gasteiger charge is -2.13. The van der Waals surface area contributed by atoms with Crippen LogP contribution in [0.4, 0.5) is 0 Å². The Morgan fingerprint density at radius 3 is 2.26 bits per heavy atom. The molecule has 1 unspecified atom stereocenters. The number of rotatable bonds is 9. The highest BCUT2D eigenvalue weighted by molar-refractivity contribution is 5.34. The summed E-state index contributed by atoms with van der Waals surface area (Å²) in [5, 5.41) is 0. The summed E-state index contributed by atoms with van der Waals surface area (Å²) in [6.45, 7) is 7.43. The first-order valence-corrected chi connectivity index (χ1v) is 8.92. The van der Waals surface area contributed by atoms with Crippen LogP contribution in [0.2, 0.25) is 0 Å². The lowest BCUT2D eigenvalue weighted by Crippen LogP contribution is -2.00. The number of benzene rings is 1. The summed E-state index contributed by atoms with van der Waals surface area (Å²) in [6.07, 6.45) is 7.80. The second kappa shape index (κ2) is 9.34. The van der Waals surface area contributed by atoms with E-state index in [0.29, 0.717) is 5.92 Å². The molecule has 0 saturated carbocycles. The van der Waals surface area contributed by atoms with Gasteiger partial charge in [0.1, 0.15) is 5.75 Å². The predicted octanol–water partition coefficient (Wildman–Crippen LogP) is 5.75. The molecule has 0 aliphatic heterocycles. The molecule has 1 aromatic heterocycles. The van der Waals surface area contributed by atoms with Crippen LogP contribution in [0.5, 0.6) is 5.75 Å². The van der Waals surface area contributed by atoms with E-state index in [1.54, 1.807) is 0 Å². The standard InChI is InChI=1S/C21H29NO/c1-4-6-7-15-23-21-13-10-18(11-14-21)17(3)19-9-12-20(8-5-2)22-16-19/h9-14,16-17H,4-8,15H2,1-3H3. The van der Waals surface area contributed by atoms with Gasteiger partial charge in [-0.05, 0) is 42.2 Å². The minimum Gasteiger partial charge on any atom is -0.494 e. The second-order valence-corrected chi connectivity index (χ2v) is 6.18. The van der Waals surface area contributed by atoms with Crippen LogP contribution < -0.4 is 4.74 Å². The van der Waals surface area contributed by atoms with E-state index in [2.05, 4.69) is 62.2 Å². The molecule has 0 fully saturated rings. The molecule has 0 aliphatic rings. The normalized spacial score (nSPS) is 12.1. The highest BCUT2D eigenvalue weighted by Crippen LogP contribution is 2.25. The van der Waals surface area contributed by atoms with Gasteiger partial charge in [0.25, 0.3) is 0 Å². The third kappa shape index (κ3) is 5.38. The lowest BCUT2D eigenvalue weighted by molar-refractivity contribution is 0.306. The van der Waals surface area contributed by atoms with Gasteiger partial charge in [-0.2, -0.15) is 0 Å². The van der Waals surface area contributed by atoms with E-state index in [4.69, 9.17) is 4.74 Å². The molecule has 1 atom stereocenters. The topological polar surface area (TPSA) is 22.1 Å². The molecule has 124 valence electrons. The van der Waals surface area contributed by atoms with E-state index < -0.39 is 0 Å². The van der Waals surface area contributed by atoms with Crippen LogP contribution in [-0.2, 0) is 6.42 Å². The van der Waals surface area contributed by atoms with Crippen LogP contribution in [-0.4, -0.2) is 11.6 Å². The van der Waals surface area contributed by atoms with Crippen LogP contribution in [0.25, 0.3) is 0 Å². The maximum absolute atomic E-state index is 5.78. The van der Waals surface area contributed by atoms with Crippen LogP contribution in [0, 0.1) is 0 Å². The fourth-order valence-corrected chi connectivity index (χ4v) is 2.68. The largest absolute Gasteiger partial charge is 0.494 e. The Labute approximate surface area is 140 Å². The number of hydrogen-bond acceptors (Lipinski definition) is 2. The highest BCUT2D eigenvalue weighted by atomic mass is 16.5. The quantitative estimate of drug-likeness (QED) is 0.550.